The van der Waals surface area contributed by atoms with Crippen LogP contribution >= 0.6 is 11.3 Å². The highest BCUT2D eigenvalue weighted by Crippen LogP contribution is 2.05. The van der Waals surface area contributed by atoms with Crippen molar-refractivity contribution in [1.82, 2.24) is 9.78 Å². The van der Waals surface area contributed by atoms with Crippen molar-refractivity contribution in [2.75, 3.05) is 0 Å². The largest absolute Gasteiger partial charge is 0.325 e. The third kappa shape index (κ3) is 2.65. The summed E-state index contributed by atoms with van der Waals surface area (Å²) in [6.07, 6.45) is 0. The van der Waals surface area contributed by atoms with Gasteiger partial charge < -0.3 is 0 Å². The van der Waals surface area contributed by atoms with Crippen LogP contribution in [0.3, 0.4) is 0 Å². The molecule has 2 aromatic rings. The lowest BCUT2D eigenvalue weighted by molar-refractivity contribution is 0.0966. The van der Waals surface area contributed by atoms with Crippen LogP contribution in [0, 0.1) is 12.7 Å². The molecule has 0 bridgehead atoms. The lowest BCUT2D eigenvalue weighted by atomic mass is 10.1. The van der Waals surface area contributed by atoms with Gasteiger partial charge in [-0.1, -0.05) is 11.3 Å². The van der Waals surface area contributed by atoms with Crippen LogP contribution < -0.4 is 4.87 Å². The smallest absolute Gasteiger partial charge is 0.292 e. The normalized spacial score (nSPS) is 10.5. The van der Waals surface area contributed by atoms with Crippen LogP contribution in [-0.2, 0) is 6.54 Å². The summed E-state index contributed by atoms with van der Waals surface area (Å²) in [4.78, 5) is 22.9. The summed E-state index contributed by atoms with van der Waals surface area (Å²) < 4.78 is 13.8. The van der Waals surface area contributed by atoms with E-state index in [1.54, 1.807) is 6.92 Å². The van der Waals surface area contributed by atoms with E-state index in [-0.39, 0.29) is 17.2 Å². The maximum Gasteiger partial charge on any atom is 0.325 e. The van der Waals surface area contributed by atoms with Gasteiger partial charge in [0.25, 0.3) is 0 Å². The number of benzene rings is 1. The fourth-order valence-corrected chi connectivity index (χ4v) is 1.98. The zero-order valence-electron chi connectivity index (χ0n) is 9.01. The molecule has 0 radical (unpaired) electrons. The van der Waals surface area contributed by atoms with Gasteiger partial charge in [-0.25, -0.2) is 9.07 Å². The molecule has 1 aromatic carbocycles. The second-order valence-corrected chi connectivity index (χ2v) is 4.62. The molecular formula is C11H9FN2O2S. The molecule has 0 amide bonds. The Morgan fingerprint density at radius 2 is 2.06 bits per heavy atom. The number of nitrogens with zero attached hydrogens (tertiary/aromatic N) is 2. The highest BCUT2D eigenvalue weighted by molar-refractivity contribution is 7.08. The van der Waals surface area contributed by atoms with Crippen molar-refractivity contribution < 1.29 is 9.18 Å². The quantitative estimate of drug-likeness (QED) is 0.780. The average Bonchev–Trinajstić information content (AvgIpc) is 2.58. The van der Waals surface area contributed by atoms with Crippen LogP contribution in [0.2, 0.25) is 0 Å². The predicted octanol–water partition coefficient (Wildman–Crippen LogP) is 1.64. The van der Waals surface area contributed by atoms with Crippen LogP contribution in [0.4, 0.5) is 4.39 Å². The van der Waals surface area contributed by atoms with Gasteiger partial charge in [0.15, 0.2) is 5.78 Å². The second kappa shape index (κ2) is 4.58. The van der Waals surface area contributed by atoms with Crippen LogP contribution in [0.1, 0.15) is 15.4 Å². The number of Topliss-reactive ketones (excluding diaryl/α,β-unsaturated/α-hetero) is 1. The van der Waals surface area contributed by atoms with Crippen molar-refractivity contribution in [1.29, 1.82) is 0 Å². The first kappa shape index (κ1) is 11.7. The van der Waals surface area contributed by atoms with E-state index in [4.69, 9.17) is 0 Å². The molecule has 0 saturated carbocycles. The minimum Gasteiger partial charge on any atom is -0.292 e. The predicted molar refractivity (Wildman–Crippen MR) is 61.8 cm³/mol. The van der Waals surface area contributed by atoms with Crippen molar-refractivity contribution in [2.24, 2.45) is 0 Å². The SMILES string of the molecule is Cc1nn(CC(=O)c2ccc(F)cc2)c(=O)s1. The van der Waals surface area contributed by atoms with Gasteiger partial charge in [-0.2, -0.15) is 5.10 Å². The number of carbonyl (C=O) groups is 1. The van der Waals surface area contributed by atoms with Gasteiger partial charge >= 0.3 is 4.87 Å². The third-order valence-corrected chi connectivity index (χ3v) is 2.93. The van der Waals surface area contributed by atoms with Gasteiger partial charge in [0.1, 0.15) is 17.4 Å². The summed E-state index contributed by atoms with van der Waals surface area (Å²) >= 11 is 0.993. The molecule has 0 aliphatic carbocycles. The van der Waals surface area contributed by atoms with Gasteiger partial charge in [0.2, 0.25) is 0 Å². The first-order valence-corrected chi connectivity index (χ1v) is 5.71. The number of ketones is 1. The maximum atomic E-state index is 12.7. The summed E-state index contributed by atoms with van der Waals surface area (Å²) in [6, 6.07) is 5.20. The molecule has 4 nitrogen and oxygen atoms in total. The van der Waals surface area contributed by atoms with Gasteiger partial charge in [-0.05, 0) is 31.2 Å². The van der Waals surface area contributed by atoms with Crippen LogP contribution in [0.5, 0.6) is 0 Å². The Labute approximate surface area is 100 Å². The molecule has 0 unspecified atom stereocenters. The molecule has 0 spiro atoms. The van der Waals surface area contributed by atoms with E-state index in [0.717, 1.165) is 16.0 Å². The monoisotopic (exact) mass is 252 g/mol. The summed E-state index contributed by atoms with van der Waals surface area (Å²) in [6.45, 7) is 1.58. The molecular weight excluding hydrogens is 243 g/mol. The Kier molecular flexibility index (Phi) is 3.14. The summed E-state index contributed by atoms with van der Waals surface area (Å²) in [5, 5.41) is 4.53. The Bertz CT molecular complexity index is 601. The van der Waals surface area contributed by atoms with E-state index in [9.17, 15) is 14.0 Å². The molecule has 1 aromatic heterocycles. The topological polar surface area (TPSA) is 52.0 Å². The van der Waals surface area contributed by atoms with Crippen molar-refractivity contribution in [2.45, 2.75) is 13.5 Å². The lowest BCUT2D eigenvalue weighted by Gasteiger charge is -2.00. The molecule has 0 N–H and O–H groups in total. The van der Waals surface area contributed by atoms with E-state index < -0.39 is 5.82 Å². The minimum absolute atomic E-state index is 0.116. The van der Waals surface area contributed by atoms with Gasteiger partial charge in [-0.3, -0.25) is 9.59 Å². The Morgan fingerprint density at radius 1 is 1.41 bits per heavy atom. The van der Waals surface area contributed by atoms with Gasteiger partial charge in [0, 0.05) is 5.56 Å². The number of aryl methyl sites for hydroxylation is 1. The molecule has 2 rings (SSSR count). The number of rotatable bonds is 3. The van der Waals surface area contributed by atoms with Crippen LogP contribution in [0.25, 0.3) is 0 Å². The Morgan fingerprint density at radius 3 is 2.59 bits per heavy atom. The van der Waals surface area contributed by atoms with Crippen molar-refractivity contribution in [3.63, 3.8) is 0 Å². The molecule has 0 fully saturated rings. The highest BCUT2D eigenvalue weighted by atomic mass is 32.1. The zero-order valence-corrected chi connectivity index (χ0v) is 9.83. The number of aromatic nitrogens is 2. The van der Waals surface area contributed by atoms with E-state index in [1.165, 1.54) is 24.3 Å². The highest BCUT2D eigenvalue weighted by Gasteiger charge is 2.10. The molecule has 0 aliphatic rings. The first-order chi connectivity index (χ1) is 8.06. The number of hydrogen-bond donors (Lipinski definition) is 0. The molecule has 1 heterocycles. The van der Waals surface area contributed by atoms with E-state index in [2.05, 4.69) is 5.10 Å². The number of hydrogen-bond acceptors (Lipinski definition) is 4. The van der Waals surface area contributed by atoms with Crippen LogP contribution in [0.15, 0.2) is 29.1 Å². The van der Waals surface area contributed by atoms with E-state index >= 15 is 0 Å². The van der Waals surface area contributed by atoms with E-state index in [0.29, 0.717) is 10.6 Å². The van der Waals surface area contributed by atoms with Crippen LogP contribution in [-0.4, -0.2) is 15.6 Å². The van der Waals surface area contributed by atoms with Crippen molar-refractivity contribution in [3.8, 4) is 0 Å². The van der Waals surface area contributed by atoms with Crippen molar-refractivity contribution in [3.05, 3.63) is 50.3 Å². The summed E-state index contributed by atoms with van der Waals surface area (Å²) in [5.41, 5.74) is 0.365. The molecule has 6 heteroatoms. The third-order valence-electron chi connectivity index (χ3n) is 2.17. The molecule has 0 atom stereocenters. The van der Waals surface area contributed by atoms with Gasteiger partial charge in [-0.15, -0.1) is 0 Å². The Hall–Kier alpha value is -1.82. The molecule has 0 aliphatic heterocycles. The lowest BCUT2D eigenvalue weighted by Crippen LogP contribution is -2.20. The zero-order chi connectivity index (χ0) is 12.4. The molecule has 88 valence electrons. The second-order valence-electron chi connectivity index (χ2n) is 3.47. The van der Waals surface area contributed by atoms with Crippen molar-refractivity contribution >= 4 is 17.1 Å². The maximum absolute atomic E-state index is 12.7. The first-order valence-electron chi connectivity index (χ1n) is 4.89. The standard InChI is InChI=1S/C11H9FN2O2S/c1-7-13-14(11(16)17-7)6-10(15)8-2-4-9(12)5-3-8/h2-5H,6H2,1H3. The fraction of sp³-hybridized carbons (Fsp3) is 0.182. The number of halogens is 1. The minimum atomic E-state index is -0.400. The Balaban J connectivity index is 2.20. The molecule has 17 heavy (non-hydrogen) atoms. The summed E-state index contributed by atoms with van der Waals surface area (Å²) in [5.74, 6) is -0.666. The number of carbonyl (C=O) groups excluding carboxylic acids is 1. The fourth-order valence-electron chi connectivity index (χ4n) is 1.37. The average molecular weight is 252 g/mol. The van der Waals surface area contributed by atoms with Gasteiger partial charge in [0.05, 0.1) is 0 Å². The summed E-state index contributed by atoms with van der Waals surface area (Å²) in [7, 11) is 0. The molecule has 0 saturated heterocycles. The van der Waals surface area contributed by atoms with E-state index in [1.807, 2.05) is 0 Å².